The van der Waals surface area contributed by atoms with Crippen LogP contribution in [0.1, 0.15) is 26.3 Å². The van der Waals surface area contributed by atoms with Gasteiger partial charge in [0, 0.05) is 18.6 Å². The Labute approximate surface area is 182 Å². The number of hydrogen-bond donors (Lipinski definition) is 0. The molecule has 1 aliphatic rings. The quantitative estimate of drug-likeness (QED) is 0.289. The molecule has 0 aliphatic carbocycles. The van der Waals surface area contributed by atoms with Crippen molar-refractivity contribution in [1.82, 2.24) is 4.90 Å². The first-order valence-electron chi connectivity index (χ1n) is 10.2. The van der Waals surface area contributed by atoms with Crippen LogP contribution in [0.25, 0.3) is 0 Å². The van der Waals surface area contributed by atoms with Gasteiger partial charge in [-0.15, -0.1) is 0 Å². The second-order valence-electron chi connectivity index (χ2n) is 7.51. The van der Waals surface area contributed by atoms with Crippen LogP contribution in [0.2, 0.25) is 23.7 Å². The standard InChI is InChI=1S/C20H28F3NO5SSi/c1-4-31(5-2,6-3)18-14-24(19(25)28-15-16-10-8-7-9-11-16)13-12-17(18)29-30(26,27)20(21,22)23/h7-12,18H,4-6,13-15H2,1-3H3. The molecular weight excluding hydrogens is 451 g/mol. The first kappa shape index (κ1) is 25.2. The van der Waals surface area contributed by atoms with E-state index in [4.69, 9.17) is 4.74 Å². The van der Waals surface area contributed by atoms with Crippen molar-refractivity contribution in [2.45, 2.75) is 56.6 Å². The Morgan fingerprint density at radius 2 is 1.71 bits per heavy atom. The number of amides is 1. The minimum Gasteiger partial charge on any atom is -0.445 e. The molecular formula is C20H28F3NO5SSi. The van der Waals surface area contributed by atoms with Crippen LogP contribution in [-0.2, 0) is 25.6 Å². The Balaban J connectivity index is 2.27. The largest absolute Gasteiger partial charge is 0.534 e. The molecule has 174 valence electrons. The van der Waals surface area contributed by atoms with E-state index in [1.165, 1.54) is 11.0 Å². The summed E-state index contributed by atoms with van der Waals surface area (Å²) in [5.41, 5.74) is -5.29. The SMILES string of the molecule is CC[Si](CC)(CC)C1CN(C(=O)OCc2ccccc2)CC=C1OS(=O)(=O)C(F)(F)F. The highest BCUT2D eigenvalue weighted by molar-refractivity contribution is 7.87. The Bertz CT molecular complexity index is 878. The summed E-state index contributed by atoms with van der Waals surface area (Å²) >= 11 is 0. The van der Waals surface area contributed by atoms with Gasteiger partial charge in [0.25, 0.3) is 0 Å². The molecule has 1 aromatic carbocycles. The number of rotatable bonds is 8. The fourth-order valence-corrected chi connectivity index (χ4v) is 8.92. The molecule has 1 aliphatic heterocycles. The topological polar surface area (TPSA) is 72.9 Å². The first-order chi connectivity index (χ1) is 14.5. The van der Waals surface area contributed by atoms with Gasteiger partial charge in [-0.05, 0) is 11.6 Å². The van der Waals surface area contributed by atoms with E-state index in [9.17, 15) is 26.4 Å². The second-order valence-corrected chi connectivity index (χ2v) is 14.6. The monoisotopic (exact) mass is 479 g/mol. The fraction of sp³-hybridized carbons (Fsp3) is 0.550. The molecule has 6 nitrogen and oxygen atoms in total. The zero-order valence-corrected chi connectivity index (χ0v) is 19.6. The molecule has 0 saturated heterocycles. The maximum Gasteiger partial charge on any atom is 0.534 e. The minimum atomic E-state index is -5.78. The smallest absolute Gasteiger partial charge is 0.445 e. The molecule has 0 spiro atoms. The summed E-state index contributed by atoms with van der Waals surface area (Å²) in [6.45, 7) is 5.88. The van der Waals surface area contributed by atoms with E-state index in [0.717, 1.165) is 5.56 Å². The van der Waals surface area contributed by atoms with Gasteiger partial charge in [-0.2, -0.15) is 21.6 Å². The zero-order valence-electron chi connectivity index (χ0n) is 17.8. The number of benzene rings is 1. The third kappa shape index (κ3) is 5.82. The minimum absolute atomic E-state index is 0.0638. The average Bonchev–Trinajstić information content (AvgIpc) is 2.74. The molecule has 0 aromatic heterocycles. The van der Waals surface area contributed by atoms with E-state index in [2.05, 4.69) is 4.18 Å². The summed E-state index contributed by atoms with van der Waals surface area (Å²) in [5.74, 6) is -0.207. The number of alkyl halides is 3. The van der Waals surface area contributed by atoms with E-state index in [0.29, 0.717) is 18.1 Å². The van der Waals surface area contributed by atoms with Gasteiger partial charge in [0.2, 0.25) is 0 Å². The van der Waals surface area contributed by atoms with Crippen molar-refractivity contribution < 1.29 is 35.3 Å². The van der Waals surface area contributed by atoms with Crippen molar-refractivity contribution >= 4 is 24.3 Å². The highest BCUT2D eigenvalue weighted by Gasteiger charge is 2.51. The van der Waals surface area contributed by atoms with E-state index in [-0.39, 0.29) is 25.5 Å². The molecule has 0 N–H and O–H groups in total. The Morgan fingerprint density at radius 1 is 1.13 bits per heavy atom. The molecule has 2 rings (SSSR count). The van der Waals surface area contributed by atoms with Crippen molar-refractivity contribution in [2.24, 2.45) is 0 Å². The molecule has 1 unspecified atom stereocenters. The van der Waals surface area contributed by atoms with Crippen LogP contribution in [-0.4, -0.2) is 46.1 Å². The summed E-state index contributed by atoms with van der Waals surface area (Å²) in [6.07, 6.45) is 0.665. The number of hydrogen-bond acceptors (Lipinski definition) is 5. The van der Waals surface area contributed by atoms with Gasteiger partial charge in [-0.1, -0.05) is 69.2 Å². The lowest BCUT2D eigenvalue weighted by Gasteiger charge is -2.42. The van der Waals surface area contributed by atoms with Crippen molar-refractivity contribution in [3.8, 4) is 0 Å². The number of ether oxygens (including phenoxy) is 1. The van der Waals surface area contributed by atoms with Gasteiger partial charge in [0.05, 0.1) is 8.07 Å². The normalized spacial score (nSPS) is 17.8. The highest BCUT2D eigenvalue weighted by Crippen LogP contribution is 2.43. The molecule has 0 bridgehead atoms. The van der Waals surface area contributed by atoms with Crippen LogP contribution in [0.4, 0.5) is 18.0 Å². The van der Waals surface area contributed by atoms with Crippen LogP contribution >= 0.6 is 0 Å². The Hall–Kier alpha value is -2.01. The summed E-state index contributed by atoms with van der Waals surface area (Å²) in [7, 11) is -8.07. The third-order valence-corrected chi connectivity index (χ3v) is 13.2. The predicted molar refractivity (Wildman–Crippen MR) is 113 cm³/mol. The Morgan fingerprint density at radius 3 is 2.23 bits per heavy atom. The predicted octanol–water partition coefficient (Wildman–Crippen LogP) is 5.27. The zero-order chi connectivity index (χ0) is 23.3. The van der Waals surface area contributed by atoms with Gasteiger partial charge in [-0.3, -0.25) is 0 Å². The van der Waals surface area contributed by atoms with Crippen LogP contribution in [0.15, 0.2) is 42.2 Å². The molecule has 31 heavy (non-hydrogen) atoms. The molecule has 0 radical (unpaired) electrons. The number of carbonyl (C=O) groups excluding carboxylic acids is 1. The lowest BCUT2D eigenvalue weighted by atomic mass is 10.2. The van der Waals surface area contributed by atoms with Crippen molar-refractivity contribution in [2.75, 3.05) is 13.1 Å². The van der Waals surface area contributed by atoms with Crippen LogP contribution in [0, 0.1) is 0 Å². The van der Waals surface area contributed by atoms with Crippen molar-refractivity contribution in [3.05, 3.63) is 47.7 Å². The van der Waals surface area contributed by atoms with E-state index >= 15 is 0 Å². The average molecular weight is 480 g/mol. The first-order valence-corrected chi connectivity index (χ1v) is 14.3. The number of halogens is 3. The van der Waals surface area contributed by atoms with Gasteiger partial charge in [0.15, 0.2) is 0 Å². The third-order valence-electron chi connectivity index (χ3n) is 6.06. The molecule has 0 saturated carbocycles. The van der Waals surface area contributed by atoms with E-state index < -0.39 is 35.3 Å². The van der Waals surface area contributed by atoms with Crippen molar-refractivity contribution in [3.63, 3.8) is 0 Å². The summed E-state index contributed by atoms with van der Waals surface area (Å²) < 4.78 is 72.0. The maximum absolute atomic E-state index is 12.9. The van der Waals surface area contributed by atoms with E-state index in [1.807, 2.05) is 51.1 Å². The van der Waals surface area contributed by atoms with Gasteiger partial charge >= 0.3 is 21.7 Å². The summed E-state index contributed by atoms with van der Waals surface area (Å²) in [6, 6.07) is 11.2. The maximum atomic E-state index is 12.9. The molecule has 1 aromatic rings. The number of carbonyl (C=O) groups is 1. The molecule has 11 heteroatoms. The lowest BCUT2D eigenvalue weighted by Crippen LogP contribution is -2.49. The molecule has 1 heterocycles. The number of nitrogens with zero attached hydrogens (tertiary/aromatic N) is 1. The molecule has 1 amide bonds. The van der Waals surface area contributed by atoms with E-state index in [1.54, 1.807) is 0 Å². The molecule has 1 atom stereocenters. The van der Waals surface area contributed by atoms with Crippen molar-refractivity contribution in [1.29, 1.82) is 0 Å². The second kappa shape index (κ2) is 10.1. The fourth-order valence-electron chi connectivity index (χ4n) is 3.94. The van der Waals surface area contributed by atoms with Gasteiger partial charge < -0.3 is 13.8 Å². The van der Waals surface area contributed by atoms with Crippen LogP contribution < -0.4 is 0 Å². The summed E-state index contributed by atoms with van der Waals surface area (Å²) in [5, 5.41) is 0. The summed E-state index contributed by atoms with van der Waals surface area (Å²) in [4.78, 5) is 14.0. The van der Waals surface area contributed by atoms with Crippen LogP contribution in [0.3, 0.4) is 0 Å². The lowest BCUT2D eigenvalue weighted by molar-refractivity contribution is -0.0525. The van der Waals surface area contributed by atoms with Gasteiger partial charge in [0.1, 0.15) is 12.4 Å². The highest BCUT2D eigenvalue weighted by atomic mass is 32.2. The van der Waals surface area contributed by atoms with Gasteiger partial charge in [-0.25, -0.2) is 4.79 Å². The van der Waals surface area contributed by atoms with Crippen LogP contribution in [0.5, 0.6) is 0 Å². The molecule has 0 fully saturated rings. The Kier molecular flexibility index (Phi) is 8.20.